The van der Waals surface area contributed by atoms with Gasteiger partial charge < -0.3 is 14.8 Å². The molecule has 0 bridgehead atoms. The zero-order valence-electron chi connectivity index (χ0n) is 23.7. The summed E-state index contributed by atoms with van der Waals surface area (Å²) in [5, 5.41) is 2.68. The molecule has 0 aliphatic carbocycles. The maximum atomic E-state index is 12.7. The number of carbonyl (C=O) groups excluding carboxylic acids is 3. The van der Waals surface area contributed by atoms with E-state index in [9.17, 15) is 22.8 Å². The fraction of sp³-hybridized carbons (Fsp3) is 0.344. The third-order valence-corrected chi connectivity index (χ3v) is 7.61. The van der Waals surface area contributed by atoms with Gasteiger partial charge in [0.1, 0.15) is 11.5 Å². The highest BCUT2D eigenvalue weighted by Gasteiger charge is 2.20. The van der Waals surface area contributed by atoms with Crippen molar-refractivity contribution in [1.29, 1.82) is 0 Å². The third kappa shape index (κ3) is 10.2. The van der Waals surface area contributed by atoms with Crippen LogP contribution in [0.2, 0.25) is 0 Å². The first-order valence-electron chi connectivity index (χ1n) is 13.7. The lowest BCUT2D eigenvalue weighted by molar-refractivity contribution is -0.118. The van der Waals surface area contributed by atoms with Crippen LogP contribution in [0, 0.1) is 0 Å². The Morgan fingerprint density at radius 3 is 2.12 bits per heavy atom. The zero-order valence-corrected chi connectivity index (χ0v) is 24.5. The summed E-state index contributed by atoms with van der Waals surface area (Å²) in [5.41, 5.74) is 1.28. The predicted molar refractivity (Wildman–Crippen MR) is 157 cm³/mol. The zero-order chi connectivity index (χ0) is 29.8. The predicted octanol–water partition coefficient (Wildman–Crippen LogP) is 5.59. The molecule has 0 spiro atoms. The van der Waals surface area contributed by atoms with Crippen LogP contribution in [0.5, 0.6) is 11.5 Å². The van der Waals surface area contributed by atoms with Gasteiger partial charge in [0, 0.05) is 11.8 Å². The molecule has 3 rings (SSSR count). The smallest absolute Gasteiger partial charge is 0.343 e. The van der Waals surface area contributed by atoms with E-state index in [1.54, 1.807) is 48.5 Å². The average molecular weight is 580 g/mol. The number of sulfone groups is 1. The van der Waals surface area contributed by atoms with Crippen molar-refractivity contribution in [2.45, 2.75) is 63.3 Å². The van der Waals surface area contributed by atoms with Crippen LogP contribution < -0.4 is 14.8 Å². The summed E-state index contributed by atoms with van der Waals surface area (Å²) in [7, 11) is -3.48. The molecule has 0 aromatic heterocycles. The van der Waals surface area contributed by atoms with E-state index >= 15 is 0 Å². The molecule has 0 heterocycles. The van der Waals surface area contributed by atoms with Crippen LogP contribution in [0.3, 0.4) is 0 Å². The largest absolute Gasteiger partial charge is 0.494 e. The van der Waals surface area contributed by atoms with Gasteiger partial charge in [-0.3, -0.25) is 9.59 Å². The van der Waals surface area contributed by atoms with Crippen LogP contribution in [0.25, 0.3) is 0 Å². The van der Waals surface area contributed by atoms with Crippen LogP contribution in [0.4, 0.5) is 0 Å². The number of nitrogens with one attached hydrogen (secondary N) is 1. The summed E-state index contributed by atoms with van der Waals surface area (Å²) >= 11 is 0. The summed E-state index contributed by atoms with van der Waals surface area (Å²) in [6.45, 7) is 4.20. The molecule has 3 aromatic rings. The van der Waals surface area contributed by atoms with Crippen LogP contribution in [-0.2, 0) is 21.1 Å². The molecule has 0 aliphatic heterocycles. The lowest BCUT2D eigenvalue weighted by Crippen LogP contribution is -2.41. The monoisotopic (exact) mass is 579 g/mol. The Kier molecular flexibility index (Phi) is 11.6. The maximum Gasteiger partial charge on any atom is 0.343 e. The molecule has 8 nitrogen and oxygen atoms in total. The van der Waals surface area contributed by atoms with E-state index < -0.39 is 27.8 Å². The topological polar surface area (TPSA) is 116 Å². The molecule has 0 radical (unpaired) electrons. The number of esters is 1. The summed E-state index contributed by atoms with van der Waals surface area (Å²) in [6, 6.07) is 18.3. The number of hydrogen-bond acceptors (Lipinski definition) is 7. The minimum Gasteiger partial charge on any atom is -0.494 e. The van der Waals surface area contributed by atoms with Gasteiger partial charge >= 0.3 is 5.97 Å². The quantitative estimate of drug-likeness (QED) is 0.142. The molecular weight excluding hydrogens is 542 g/mol. The first-order valence-corrected chi connectivity index (χ1v) is 15.6. The van der Waals surface area contributed by atoms with Crippen LogP contribution in [-0.4, -0.2) is 45.0 Å². The van der Waals surface area contributed by atoms with Gasteiger partial charge in [-0.15, -0.1) is 0 Å². The van der Waals surface area contributed by atoms with Crippen molar-refractivity contribution in [3.8, 4) is 11.5 Å². The minimum atomic E-state index is -3.48. The Bertz CT molecular complexity index is 1430. The number of hydrogen-bond donors (Lipinski definition) is 1. The van der Waals surface area contributed by atoms with E-state index in [0.717, 1.165) is 24.7 Å². The molecule has 1 atom stereocenters. The van der Waals surface area contributed by atoms with Gasteiger partial charge in [-0.25, -0.2) is 13.2 Å². The molecule has 0 saturated heterocycles. The molecular formula is C32H37NO7S. The summed E-state index contributed by atoms with van der Waals surface area (Å²) in [6.07, 6.45) is 7.07. The molecule has 0 saturated carbocycles. The van der Waals surface area contributed by atoms with Gasteiger partial charge in [-0.2, -0.15) is 0 Å². The number of carbonyl (C=O) groups is 3. The van der Waals surface area contributed by atoms with Crippen molar-refractivity contribution in [3.05, 3.63) is 89.5 Å². The van der Waals surface area contributed by atoms with Crippen molar-refractivity contribution >= 4 is 27.5 Å². The minimum absolute atomic E-state index is 0.0205. The van der Waals surface area contributed by atoms with Crippen molar-refractivity contribution < 1.29 is 32.3 Å². The molecule has 1 amide bonds. The fourth-order valence-corrected chi connectivity index (χ4v) is 4.75. The summed E-state index contributed by atoms with van der Waals surface area (Å²) < 4.78 is 34.9. The molecule has 3 aromatic carbocycles. The van der Waals surface area contributed by atoms with Crippen LogP contribution in [0.15, 0.2) is 77.7 Å². The van der Waals surface area contributed by atoms with Crippen LogP contribution >= 0.6 is 0 Å². The second-order valence-electron chi connectivity index (χ2n) is 9.96. The second-order valence-corrected chi connectivity index (χ2v) is 12.0. The molecule has 218 valence electrons. The Labute approximate surface area is 242 Å². The van der Waals surface area contributed by atoms with Crippen molar-refractivity contribution in [3.63, 3.8) is 0 Å². The number of benzene rings is 3. The first kappa shape index (κ1) is 31.5. The van der Waals surface area contributed by atoms with E-state index in [2.05, 4.69) is 12.2 Å². The highest BCUT2D eigenvalue weighted by atomic mass is 32.2. The van der Waals surface area contributed by atoms with E-state index in [4.69, 9.17) is 9.47 Å². The lowest BCUT2D eigenvalue weighted by Gasteiger charge is -2.16. The highest BCUT2D eigenvalue weighted by Crippen LogP contribution is 2.18. The number of unbranched alkanes of at least 4 members (excludes halogenated alkanes) is 4. The van der Waals surface area contributed by atoms with Gasteiger partial charge in [-0.05, 0) is 79.9 Å². The van der Waals surface area contributed by atoms with E-state index in [-0.39, 0.29) is 22.7 Å². The van der Waals surface area contributed by atoms with Gasteiger partial charge in [0.15, 0.2) is 15.6 Å². The van der Waals surface area contributed by atoms with E-state index in [0.29, 0.717) is 23.7 Å². The lowest BCUT2D eigenvalue weighted by atomic mass is 10.0. The number of amides is 1. The fourth-order valence-electron chi connectivity index (χ4n) is 4.08. The average Bonchev–Trinajstić information content (AvgIpc) is 2.95. The second kappa shape index (κ2) is 15.1. The van der Waals surface area contributed by atoms with Gasteiger partial charge in [0.05, 0.1) is 23.1 Å². The molecule has 41 heavy (non-hydrogen) atoms. The van der Waals surface area contributed by atoms with Crippen molar-refractivity contribution in [2.24, 2.45) is 0 Å². The number of ketones is 1. The van der Waals surface area contributed by atoms with Crippen molar-refractivity contribution in [2.75, 3.05) is 12.9 Å². The Hall–Kier alpha value is -3.98. The Morgan fingerprint density at radius 2 is 1.49 bits per heavy atom. The van der Waals surface area contributed by atoms with Gasteiger partial charge in [-0.1, -0.05) is 50.8 Å². The molecule has 0 unspecified atom stereocenters. The maximum absolute atomic E-state index is 12.7. The first-order chi connectivity index (χ1) is 19.6. The standard InChI is InChI=1S/C32H37NO7S/c1-4-5-6-7-8-20-39-27-18-14-25(15-19-27)32(36)40-28-16-12-24(13-17-28)21-30(23(2)34)33-31(35)26-10-9-11-29(22-26)41(3,37)38/h9-19,22,30H,4-8,20-21H2,1-3H3,(H,33,35)/t30-/m0/s1. The normalized spacial score (nSPS) is 11.9. The third-order valence-electron chi connectivity index (χ3n) is 6.50. The van der Waals surface area contributed by atoms with E-state index in [1.165, 1.54) is 50.5 Å². The molecule has 0 aliphatic rings. The van der Waals surface area contributed by atoms with E-state index in [1.807, 2.05) is 0 Å². The van der Waals surface area contributed by atoms with Crippen LogP contribution in [0.1, 0.15) is 72.2 Å². The number of ether oxygens (including phenoxy) is 2. The Balaban J connectivity index is 1.54. The number of Topliss-reactive ketones (excluding diaryl/α,β-unsaturated/α-hetero) is 1. The molecule has 0 fully saturated rings. The summed E-state index contributed by atoms with van der Waals surface area (Å²) in [4.78, 5) is 37.6. The van der Waals surface area contributed by atoms with Gasteiger partial charge in [0.25, 0.3) is 5.91 Å². The molecule has 1 N–H and O–H groups in total. The summed E-state index contributed by atoms with van der Waals surface area (Å²) in [5.74, 6) is -0.264. The molecule has 9 heteroatoms. The SMILES string of the molecule is CCCCCCCOc1ccc(C(=O)Oc2ccc(C[C@H](NC(=O)c3cccc(S(C)(=O)=O)c3)C(C)=O)cc2)cc1. The number of rotatable bonds is 15. The van der Waals surface area contributed by atoms with Crippen molar-refractivity contribution in [1.82, 2.24) is 5.32 Å². The highest BCUT2D eigenvalue weighted by molar-refractivity contribution is 7.90. The Morgan fingerprint density at radius 1 is 0.829 bits per heavy atom. The van der Waals surface area contributed by atoms with Gasteiger partial charge in [0.2, 0.25) is 0 Å².